The third kappa shape index (κ3) is 4.90. The number of nitrogens with zero attached hydrogens (tertiary/aromatic N) is 1. The van der Waals surface area contributed by atoms with E-state index in [4.69, 9.17) is 14.6 Å². The van der Waals surface area contributed by atoms with Crippen molar-refractivity contribution in [3.05, 3.63) is 23.8 Å². The Hall–Kier alpha value is -2.77. The Morgan fingerprint density at radius 1 is 1.30 bits per heavy atom. The number of hydrogen-bond acceptors (Lipinski definition) is 5. The van der Waals surface area contributed by atoms with E-state index in [0.29, 0.717) is 13.0 Å². The number of benzene rings is 1. The van der Waals surface area contributed by atoms with E-state index in [1.165, 1.54) is 0 Å². The Bertz CT molecular complexity index is 750. The lowest BCUT2D eigenvalue weighted by Gasteiger charge is -2.40. The maximum atomic E-state index is 12.2. The van der Waals surface area contributed by atoms with Crippen LogP contribution >= 0.6 is 0 Å². The van der Waals surface area contributed by atoms with Gasteiger partial charge in [0.2, 0.25) is 18.6 Å². The number of rotatable bonds is 7. The van der Waals surface area contributed by atoms with E-state index in [2.05, 4.69) is 12.2 Å². The van der Waals surface area contributed by atoms with Crippen LogP contribution in [0.25, 0.3) is 0 Å². The molecular formula is C19H24N2O6. The molecule has 1 unspecified atom stereocenters. The van der Waals surface area contributed by atoms with Crippen LogP contribution < -0.4 is 14.8 Å². The van der Waals surface area contributed by atoms with E-state index < -0.39 is 5.97 Å². The largest absolute Gasteiger partial charge is 0.481 e. The maximum Gasteiger partial charge on any atom is 0.305 e. The van der Waals surface area contributed by atoms with Crippen molar-refractivity contribution in [2.75, 3.05) is 26.4 Å². The summed E-state index contributed by atoms with van der Waals surface area (Å²) in [4.78, 5) is 36.3. The molecule has 1 aromatic rings. The molecule has 1 saturated heterocycles. The summed E-state index contributed by atoms with van der Waals surface area (Å²) in [5.74, 6) is 0.115. The molecule has 1 aromatic carbocycles. The number of carboxylic acids is 1. The second-order valence-electron chi connectivity index (χ2n) is 7.42. The molecule has 2 N–H and O–H groups in total. The number of hydrogen-bond donors (Lipinski definition) is 2. The Morgan fingerprint density at radius 3 is 2.85 bits per heavy atom. The van der Waals surface area contributed by atoms with Gasteiger partial charge in [0.15, 0.2) is 11.5 Å². The van der Waals surface area contributed by atoms with Crippen LogP contribution in [0.15, 0.2) is 18.2 Å². The lowest BCUT2D eigenvalue weighted by atomic mass is 9.76. The van der Waals surface area contributed by atoms with Crippen LogP contribution in [0.5, 0.6) is 11.5 Å². The van der Waals surface area contributed by atoms with Crippen molar-refractivity contribution < 1.29 is 29.0 Å². The molecule has 8 nitrogen and oxygen atoms in total. The van der Waals surface area contributed by atoms with Crippen molar-refractivity contribution in [2.45, 2.75) is 32.6 Å². The molecule has 8 heteroatoms. The summed E-state index contributed by atoms with van der Waals surface area (Å²) in [7, 11) is 0. The molecule has 1 atom stereocenters. The highest BCUT2D eigenvalue weighted by atomic mass is 16.7. The summed E-state index contributed by atoms with van der Waals surface area (Å²) in [6.45, 7) is 2.83. The third-order valence-corrected chi connectivity index (χ3v) is 4.93. The van der Waals surface area contributed by atoms with Crippen molar-refractivity contribution in [3.63, 3.8) is 0 Å². The second-order valence-corrected chi connectivity index (χ2v) is 7.42. The Balaban J connectivity index is 1.59. The van der Waals surface area contributed by atoms with Gasteiger partial charge in [-0.3, -0.25) is 14.4 Å². The molecule has 3 rings (SSSR count). The SMILES string of the molecule is CC1(Cc2ccc3c(c2)OCO3)CCC(=O)N(CC(=O)NCCC(=O)O)C1. The number of fused-ring (bicyclic) bond motifs is 1. The Labute approximate surface area is 157 Å². The van der Waals surface area contributed by atoms with Gasteiger partial charge in [0.25, 0.3) is 0 Å². The number of carbonyl (C=O) groups excluding carboxylic acids is 2. The van der Waals surface area contributed by atoms with Gasteiger partial charge in [-0.25, -0.2) is 0 Å². The van der Waals surface area contributed by atoms with Crippen molar-refractivity contribution in [1.82, 2.24) is 10.2 Å². The number of piperidine rings is 1. The zero-order chi connectivity index (χ0) is 19.4. The molecule has 1 fully saturated rings. The van der Waals surface area contributed by atoms with Gasteiger partial charge in [-0.05, 0) is 36.0 Å². The van der Waals surface area contributed by atoms with Gasteiger partial charge >= 0.3 is 5.97 Å². The molecule has 2 aliphatic heterocycles. The fourth-order valence-electron chi connectivity index (χ4n) is 3.57. The third-order valence-electron chi connectivity index (χ3n) is 4.93. The maximum absolute atomic E-state index is 12.2. The summed E-state index contributed by atoms with van der Waals surface area (Å²) in [5, 5.41) is 11.2. The van der Waals surface area contributed by atoms with E-state index in [0.717, 1.165) is 29.9 Å². The predicted molar refractivity (Wildman–Crippen MR) is 95.5 cm³/mol. The molecule has 0 aliphatic carbocycles. The Kier molecular flexibility index (Phi) is 5.53. The molecule has 2 aliphatic rings. The van der Waals surface area contributed by atoms with E-state index in [1.807, 2.05) is 18.2 Å². The van der Waals surface area contributed by atoms with E-state index in [9.17, 15) is 14.4 Å². The van der Waals surface area contributed by atoms with Crippen molar-refractivity contribution in [3.8, 4) is 11.5 Å². The quantitative estimate of drug-likeness (QED) is 0.740. The summed E-state index contributed by atoms with van der Waals surface area (Å²) in [6.07, 6.45) is 1.76. The van der Waals surface area contributed by atoms with Crippen LogP contribution in [0.1, 0.15) is 31.7 Å². The van der Waals surface area contributed by atoms with Crippen LogP contribution in [0, 0.1) is 5.41 Å². The molecule has 0 saturated carbocycles. The molecule has 0 spiro atoms. The molecule has 146 valence electrons. The van der Waals surface area contributed by atoms with Crippen molar-refractivity contribution in [2.24, 2.45) is 5.41 Å². The van der Waals surface area contributed by atoms with Crippen LogP contribution in [0.2, 0.25) is 0 Å². The van der Waals surface area contributed by atoms with Crippen LogP contribution in [-0.4, -0.2) is 54.2 Å². The van der Waals surface area contributed by atoms with Gasteiger partial charge in [-0.1, -0.05) is 13.0 Å². The molecular weight excluding hydrogens is 352 g/mol. The first kappa shape index (κ1) is 19.0. The average Bonchev–Trinajstić information content (AvgIpc) is 3.05. The topological polar surface area (TPSA) is 105 Å². The van der Waals surface area contributed by atoms with Gasteiger partial charge in [-0.2, -0.15) is 0 Å². The normalized spacial score (nSPS) is 21.2. The number of carbonyl (C=O) groups is 3. The molecule has 2 amide bonds. The zero-order valence-corrected chi connectivity index (χ0v) is 15.3. The van der Waals surface area contributed by atoms with Gasteiger partial charge in [0.1, 0.15) is 0 Å². The summed E-state index contributed by atoms with van der Waals surface area (Å²) < 4.78 is 10.8. The zero-order valence-electron chi connectivity index (χ0n) is 15.3. The highest BCUT2D eigenvalue weighted by Crippen LogP contribution is 2.37. The van der Waals surface area contributed by atoms with Crippen LogP contribution in [0.4, 0.5) is 0 Å². The number of aliphatic carboxylic acids is 1. The standard InChI is InChI=1S/C19H24N2O6/c1-19(9-13-2-3-14-15(8-13)27-12-26-14)6-4-17(23)21(11-19)10-16(22)20-7-5-18(24)25/h2-3,8H,4-7,9-12H2,1H3,(H,20,22)(H,24,25). The predicted octanol–water partition coefficient (Wildman–Crippen LogP) is 1.18. The monoisotopic (exact) mass is 376 g/mol. The van der Waals surface area contributed by atoms with Gasteiger partial charge < -0.3 is 24.8 Å². The molecule has 27 heavy (non-hydrogen) atoms. The smallest absolute Gasteiger partial charge is 0.305 e. The number of carboxylic acid groups (broad SMARTS) is 1. The van der Waals surface area contributed by atoms with Gasteiger partial charge in [0, 0.05) is 19.5 Å². The molecule has 0 bridgehead atoms. The first-order valence-electron chi connectivity index (χ1n) is 8.99. The number of amides is 2. The van der Waals surface area contributed by atoms with Gasteiger partial charge in [0.05, 0.1) is 13.0 Å². The first-order chi connectivity index (χ1) is 12.8. The number of ether oxygens (including phenoxy) is 2. The average molecular weight is 376 g/mol. The highest BCUT2D eigenvalue weighted by Gasteiger charge is 2.36. The Morgan fingerprint density at radius 2 is 2.07 bits per heavy atom. The lowest BCUT2D eigenvalue weighted by Crippen LogP contribution is -2.50. The van der Waals surface area contributed by atoms with E-state index in [1.54, 1.807) is 4.90 Å². The fraction of sp³-hybridized carbons (Fsp3) is 0.526. The fourth-order valence-corrected chi connectivity index (χ4v) is 3.57. The lowest BCUT2D eigenvalue weighted by molar-refractivity contribution is -0.141. The summed E-state index contributed by atoms with van der Waals surface area (Å²) in [6, 6.07) is 5.85. The summed E-state index contributed by atoms with van der Waals surface area (Å²) >= 11 is 0. The summed E-state index contributed by atoms with van der Waals surface area (Å²) in [5.41, 5.74) is 0.949. The second kappa shape index (κ2) is 7.85. The molecule has 2 heterocycles. The van der Waals surface area contributed by atoms with E-state index >= 15 is 0 Å². The minimum Gasteiger partial charge on any atom is -0.481 e. The first-order valence-corrected chi connectivity index (χ1v) is 8.99. The minimum absolute atomic E-state index is 0.0464. The highest BCUT2D eigenvalue weighted by molar-refractivity contribution is 5.85. The number of likely N-dealkylation sites (tertiary alicyclic amines) is 1. The molecule has 0 aromatic heterocycles. The van der Waals surface area contributed by atoms with Crippen molar-refractivity contribution in [1.29, 1.82) is 0 Å². The van der Waals surface area contributed by atoms with Crippen molar-refractivity contribution >= 4 is 17.8 Å². The van der Waals surface area contributed by atoms with Crippen LogP contribution in [0.3, 0.4) is 0 Å². The molecule has 0 radical (unpaired) electrons. The van der Waals surface area contributed by atoms with E-state index in [-0.39, 0.29) is 43.5 Å². The minimum atomic E-state index is -0.972. The van der Waals surface area contributed by atoms with Crippen LogP contribution in [-0.2, 0) is 20.8 Å². The van der Waals surface area contributed by atoms with Gasteiger partial charge in [-0.15, -0.1) is 0 Å². The number of nitrogens with one attached hydrogen (secondary N) is 1.